The number of halogens is 3. The Balaban J connectivity index is 1.62. The fourth-order valence-corrected chi connectivity index (χ4v) is 2.92. The number of benzene rings is 1. The maximum atomic E-state index is 12.5. The quantitative estimate of drug-likeness (QED) is 0.673. The molecule has 0 aliphatic heterocycles. The Kier molecular flexibility index (Phi) is 7.29. The summed E-state index contributed by atoms with van der Waals surface area (Å²) in [4.78, 5) is 23.5. The van der Waals surface area contributed by atoms with Gasteiger partial charge < -0.3 is 16.0 Å². The zero-order chi connectivity index (χ0) is 19.0. The molecule has 1 aromatic rings. The Morgan fingerprint density at radius 2 is 1.58 bits per heavy atom. The summed E-state index contributed by atoms with van der Waals surface area (Å²) < 4.78 is 37.4. The molecule has 0 spiro atoms. The highest BCUT2D eigenvalue weighted by Crippen LogP contribution is 2.29. The van der Waals surface area contributed by atoms with Crippen LogP contribution in [0.2, 0.25) is 0 Å². The van der Waals surface area contributed by atoms with Crippen molar-refractivity contribution >= 4 is 11.9 Å². The van der Waals surface area contributed by atoms with Crippen LogP contribution in [-0.4, -0.2) is 31.1 Å². The van der Waals surface area contributed by atoms with E-state index in [4.69, 9.17) is 0 Å². The van der Waals surface area contributed by atoms with E-state index in [1.165, 1.54) is 18.6 Å². The number of hydrogen-bond acceptors (Lipinski definition) is 2. The molecule has 1 fully saturated rings. The van der Waals surface area contributed by atoms with Crippen molar-refractivity contribution in [3.8, 4) is 0 Å². The monoisotopic (exact) mass is 371 g/mol. The topological polar surface area (TPSA) is 70.2 Å². The summed E-state index contributed by atoms with van der Waals surface area (Å²) in [5, 5.41) is 8.22. The minimum Gasteiger partial charge on any atom is -0.354 e. The van der Waals surface area contributed by atoms with Crippen molar-refractivity contribution in [1.29, 1.82) is 0 Å². The van der Waals surface area contributed by atoms with Gasteiger partial charge in [-0.1, -0.05) is 31.4 Å². The lowest BCUT2D eigenvalue weighted by Crippen LogP contribution is -2.45. The zero-order valence-corrected chi connectivity index (χ0v) is 14.5. The highest BCUT2D eigenvalue weighted by Gasteiger charge is 2.29. The van der Waals surface area contributed by atoms with E-state index in [1.807, 2.05) is 0 Å². The van der Waals surface area contributed by atoms with Crippen molar-refractivity contribution in [3.05, 3.63) is 35.4 Å². The smallest absolute Gasteiger partial charge is 0.354 e. The summed E-state index contributed by atoms with van der Waals surface area (Å²) in [5.41, 5.74) is -0.242. The van der Waals surface area contributed by atoms with Gasteiger partial charge in [0.05, 0.1) is 12.0 Å². The number of carbonyl (C=O) groups is 2. The Labute approximate surface area is 150 Å². The molecule has 144 valence electrons. The summed E-state index contributed by atoms with van der Waals surface area (Å²) in [6.45, 7) is 0.550. The van der Waals surface area contributed by atoms with Crippen molar-refractivity contribution < 1.29 is 22.8 Å². The molecule has 0 unspecified atom stereocenters. The van der Waals surface area contributed by atoms with Gasteiger partial charge in [0.25, 0.3) is 0 Å². The summed E-state index contributed by atoms with van der Waals surface area (Å²) in [6.07, 6.45) is 1.08. The van der Waals surface area contributed by atoms with E-state index >= 15 is 0 Å². The van der Waals surface area contributed by atoms with Crippen LogP contribution in [0.5, 0.6) is 0 Å². The predicted molar refractivity (Wildman–Crippen MR) is 91.6 cm³/mol. The van der Waals surface area contributed by atoms with Gasteiger partial charge in [-0.25, -0.2) is 4.79 Å². The molecular formula is C18H24F3N3O2. The van der Waals surface area contributed by atoms with E-state index in [9.17, 15) is 22.8 Å². The van der Waals surface area contributed by atoms with Gasteiger partial charge in [0.15, 0.2) is 0 Å². The molecule has 1 aliphatic carbocycles. The van der Waals surface area contributed by atoms with Crippen LogP contribution >= 0.6 is 0 Å². The van der Waals surface area contributed by atoms with Gasteiger partial charge in [0.2, 0.25) is 5.91 Å². The molecule has 5 nitrogen and oxygen atoms in total. The van der Waals surface area contributed by atoms with Crippen molar-refractivity contribution in [1.82, 2.24) is 16.0 Å². The first kappa shape index (κ1) is 20.1. The molecule has 0 saturated heterocycles. The normalized spacial score (nSPS) is 15.3. The molecule has 3 N–H and O–H groups in total. The second-order valence-electron chi connectivity index (χ2n) is 6.46. The maximum Gasteiger partial charge on any atom is 0.416 e. The van der Waals surface area contributed by atoms with Crippen LogP contribution in [-0.2, 0) is 17.4 Å². The molecule has 1 aromatic carbocycles. The summed E-state index contributed by atoms with van der Waals surface area (Å²) in [5.74, 6) is -0.306. The predicted octanol–water partition coefficient (Wildman–Crippen LogP) is 3.00. The van der Waals surface area contributed by atoms with Gasteiger partial charge in [-0.3, -0.25) is 4.79 Å². The van der Waals surface area contributed by atoms with Crippen LogP contribution in [0.3, 0.4) is 0 Å². The first-order chi connectivity index (χ1) is 12.3. The molecule has 2 rings (SSSR count). The molecule has 0 atom stereocenters. The van der Waals surface area contributed by atoms with E-state index in [-0.39, 0.29) is 37.5 Å². The van der Waals surface area contributed by atoms with Crippen LogP contribution in [0.15, 0.2) is 24.3 Å². The Hall–Kier alpha value is -2.25. The molecule has 0 aromatic heterocycles. The Morgan fingerprint density at radius 3 is 2.19 bits per heavy atom. The third kappa shape index (κ3) is 6.93. The van der Waals surface area contributed by atoms with Gasteiger partial charge >= 0.3 is 12.2 Å². The van der Waals surface area contributed by atoms with Crippen LogP contribution in [0.25, 0.3) is 0 Å². The number of hydrogen-bond donors (Lipinski definition) is 3. The van der Waals surface area contributed by atoms with E-state index in [0.29, 0.717) is 5.56 Å². The van der Waals surface area contributed by atoms with Gasteiger partial charge in [0.1, 0.15) is 0 Å². The number of rotatable bonds is 6. The standard InChI is InChI=1S/C18H24F3N3O2/c19-18(20,21)14-8-6-13(7-9-14)12-16(25)22-10-11-23-17(26)24-15-4-2-1-3-5-15/h6-9,15H,1-5,10-12H2,(H,22,25)(H2,23,24,26). The minimum atomic E-state index is -4.38. The Bertz CT molecular complexity index is 597. The van der Waals surface area contributed by atoms with E-state index in [2.05, 4.69) is 16.0 Å². The highest BCUT2D eigenvalue weighted by atomic mass is 19.4. The van der Waals surface area contributed by atoms with E-state index < -0.39 is 11.7 Å². The fourth-order valence-electron chi connectivity index (χ4n) is 2.92. The summed E-state index contributed by atoms with van der Waals surface area (Å²) in [7, 11) is 0. The first-order valence-electron chi connectivity index (χ1n) is 8.82. The molecule has 1 saturated carbocycles. The third-order valence-electron chi connectivity index (χ3n) is 4.32. The molecule has 0 bridgehead atoms. The lowest BCUT2D eigenvalue weighted by atomic mass is 9.96. The first-order valence-corrected chi connectivity index (χ1v) is 8.82. The van der Waals surface area contributed by atoms with Crippen LogP contribution in [0, 0.1) is 0 Å². The maximum absolute atomic E-state index is 12.5. The molecule has 1 aliphatic rings. The zero-order valence-electron chi connectivity index (χ0n) is 14.5. The van der Waals surface area contributed by atoms with Gasteiger partial charge in [0, 0.05) is 19.1 Å². The highest BCUT2D eigenvalue weighted by molar-refractivity contribution is 5.78. The van der Waals surface area contributed by atoms with Crippen molar-refractivity contribution in [2.24, 2.45) is 0 Å². The second-order valence-corrected chi connectivity index (χ2v) is 6.46. The number of alkyl halides is 3. The molecule has 3 amide bonds. The van der Waals surface area contributed by atoms with Gasteiger partial charge in [-0.2, -0.15) is 13.2 Å². The molecule has 0 heterocycles. The number of urea groups is 1. The fraction of sp³-hybridized carbons (Fsp3) is 0.556. The average Bonchev–Trinajstić information content (AvgIpc) is 2.59. The van der Waals surface area contributed by atoms with Crippen LogP contribution in [0.1, 0.15) is 43.2 Å². The summed E-state index contributed by atoms with van der Waals surface area (Å²) >= 11 is 0. The van der Waals surface area contributed by atoms with Crippen LogP contribution in [0.4, 0.5) is 18.0 Å². The minimum absolute atomic E-state index is 0.00753. The van der Waals surface area contributed by atoms with Gasteiger partial charge in [-0.15, -0.1) is 0 Å². The molecule has 0 radical (unpaired) electrons. The molecular weight excluding hydrogens is 347 g/mol. The Morgan fingerprint density at radius 1 is 0.962 bits per heavy atom. The number of amides is 3. The average molecular weight is 371 g/mol. The molecule has 8 heteroatoms. The molecule has 26 heavy (non-hydrogen) atoms. The van der Waals surface area contributed by atoms with E-state index in [0.717, 1.165) is 37.8 Å². The van der Waals surface area contributed by atoms with E-state index in [1.54, 1.807) is 0 Å². The third-order valence-corrected chi connectivity index (χ3v) is 4.32. The lowest BCUT2D eigenvalue weighted by molar-refractivity contribution is -0.137. The van der Waals surface area contributed by atoms with Crippen LogP contribution < -0.4 is 16.0 Å². The van der Waals surface area contributed by atoms with Crippen molar-refractivity contribution in [2.75, 3.05) is 13.1 Å². The largest absolute Gasteiger partial charge is 0.416 e. The summed E-state index contributed by atoms with van der Waals surface area (Å²) in [6, 6.07) is 4.47. The second kappa shape index (κ2) is 9.45. The van der Waals surface area contributed by atoms with Gasteiger partial charge in [-0.05, 0) is 30.5 Å². The lowest BCUT2D eigenvalue weighted by Gasteiger charge is -2.22. The SMILES string of the molecule is O=C(Cc1ccc(C(F)(F)F)cc1)NCCNC(=O)NC1CCCCC1. The number of carbonyl (C=O) groups excluding carboxylic acids is 2. The number of nitrogens with one attached hydrogen (secondary N) is 3. The van der Waals surface area contributed by atoms with Crippen molar-refractivity contribution in [2.45, 2.75) is 50.7 Å². The van der Waals surface area contributed by atoms with Crippen molar-refractivity contribution in [3.63, 3.8) is 0 Å².